The van der Waals surface area contributed by atoms with Crippen LogP contribution in [0, 0.1) is 6.92 Å². The Kier molecular flexibility index (Phi) is 3.53. The van der Waals surface area contributed by atoms with Crippen LogP contribution in [0.1, 0.15) is 5.69 Å². The number of hydrogen-bond donors (Lipinski definition) is 3. The number of carbonyl (C=O) groups excluding carboxylic acids is 2. The smallest absolute Gasteiger partial charge is 0.243 e. The lowest BCUT2D eigenvalue weighted by atomic mass is 10.1. The molecule has 1 aromatic carbocycles. The molecule has 6 nitrogen and oxygen atoms in total. The maximum absolute atomic E-state index is 12.3. The number of aryl methyl sites for hydroxylation is 1. The van der Waals surface area contributed by atoms with Crippen LogP contribution < -0.4 is 16.0 Å². The van der Waals surface area contributed by atoms with Gasteiger partial charge in [-0.1, -0.05) is 18.2 Å². The number of pyridine rings is 1. The summed E-state index contributed by atoms with van der Waals surface area (Å²) < 4.78 is 0. The van der Waals surface area contributed by atoms with Gasteiger partial charge in [0.05, 0.1) is 17.7 Å². The van der Waals surface area contributed by atoms with Gasteiger partial charge in [-0.3, -0.25) is 19.9 Å². The molecule has 2 heterocycles. The average Bonchev–Trinajstić information content (AvgIpc) is 2.47. The molecule has 0 aliphatic carbocycles. The molecule has 0 spiro atoms. The van der Waals surface area contributed by atoms with Crippen molar-refractivity contribution >= 4 is 28.4 Å². The SMILES string of the molecule is Cc1cc(NC(=O)C2CNC(=O)CN2)c2ccccc2n1. The van der Waals surface area contributed by atoms with Gasteiger partial charge in [0, 0.05) is 17.6 Å². The number of benzene rings is 1. The number of hydrogen-bond acceptors (Lipinski definition) is 4. The van der Waals surface area contributed by atoms with Gasteiger partial charge >= 0.3 is 0 Å². The van der Waals surface area contributed by atoms with E-state index in [9.17, 15) is 9.59 Å². The number of nitrogens with one attached hydrogen (secondary N) is 3. The number of carbonyl (C=O) groups is 2. The van der Waals surface area contributed by atoms with Crippen molar-refractivity contribution in [1.29, 1.82) is 0 Å². The molecule has 1 unspecified atom stereocenters. The minimum atomic E-state index is -0.421. The maximum atomic E-state index is 12.3. The quantitative estimate of drug-likeness (QED) is 0.753. The lowest BCUT2D eigenvalue weighted by molar-refractivity contribution is -0.124. The molecule has 0 radical (unpaired) electrons. The van der Waals surface area contributed by atoms with E-state index in [4.69, 9.17) is 0 Å². The van der Waals surface area contributed by atoms with Crippen molar-refractivity contribution in [1.82, 2.24) is 15.6 Å². The van der Waals surface area contributed by atoms with E-state index in [0.29, 0.717) is 6.54 Å². The Labute approximate surface area is 121 Å². The van der Waals surface area contributed by atoms with E-state index in [2.05, 4.69) is 20.9 Å². The Balaban J connectivity index is 1.84. The molecule has 1 fully saturated rings. The number of anilines is 1. The predicted octanol–water partition coefficient (Wildman–Crippen LogP) is 0.570. The van der Waals surface area contributed by atoms with Crippen LogP contribution in [-0.4, -0.2) is 35.9 Å². The number of nitrogens with zero attached hydrogens (tertiary/aromatic N) is 1. The van der Waals surface area contributed by atoms with Gasteiger partial charge in [0.1, 0.15) is 6.04 Å². The van der Waals surface area contributed by atoms with Crippen LogP contribution in [0.15, 0.2) is 30.3 Å². The summed E-state index contributed by atoms with van der Waals surface area (Å²) in [5, 5.41) is 9.40. The molecule has 0 saturated carbocycles. The molecule has 21 heavy (non-hydrogen) atoms. The molecule has 1 aromatic heterocycles. The molecule has 3 N–H and O–H groups in total. The average molecular weight is 284 g/mol. The van der Waals surface area contributed by atoms with Gasteiger partial charge in [-0.15, -0.1) is 0 Å². The first-order chi connectivity index (χ1) is 10.1. The minimum Gasteiger partial charge on any atom is -0.353 e. The van der Waals surface area contributed by atoms with Crippen molar-refractivity contribution in [2.75, 3.05) is 18.4 Å². The Bertz CT molecular complexity index is 704. The molecule has 0 bridgehead atoms. The van der Waals surface area contributed by atoms with E-state index in [-0.39, 0.29) is 18.4 Å². The number of piperazine rings is 1. The second kappa shape index (κ2) is 5.49. The minimum absolute atomic E-state index is 0.0933. The Morgan fingerprint density at radius 2 is 2.19 bits per heavy atom. The molecule has 6 heteroatoms. The summed E-state index contributed by atoms with van der Waals surface area (Å²) in [5.74, 6) is -0.255. The van der Waals surface area contributed by atoms with Crippen molar-refractivity contribution in [3.63, 3.8) is 0 Å². The van der Waals surface area contributed by atoms with Gasteiger partial charge in [-0.25, -0.2) is 0 Å². The number of fused-ring (bicyclic) bond motifs is 1. The number of aromatic nitrogens is 1. The van der Waals surface area contributed by atoms with Crippen LogP contribution in [0.5, 0.6) is 0 Å². The van der Waals surface area contributed by atoms with Crippen molar-refractivity contribution in [2.24, 2.45) is 0 Å². The topological polar surface area (TPSA) is 83.1 Å². The van der Waals surface area contributed by atoms with Gasteiger partial charge in [0.25, 0.3) is 0 Å². The molecule has 2 amide bonds. The number of amides is 2. The molecule has 1 aliphatic heterocycles. The first-order valence-corrected chi connectivity index (χ1v) is 6.81. The van der Waals surface area contributed by atoms with E-state index >= 15 is 0 Å². The zero-order valence-electron chi connectivity index (χ0n) is 11.6. The summed E-state index contributed by atoms with van der Waals surface area (Å²) in [7, 11) is 0. The van der Waals surface area contributed by atoms with Crippen LogP contribution >= 0.6 is 0 Å². The fourth-order valence-electron chi connectivity index (χ4n) is 2.38. The molecular weight excluding hydrogens is 268 g/mol. The van der Waals surface area contributed by atoms with Crippen LogP contribution in [-0.2, 0) is 9.59 Å². The van der Waals surface area contributed by atoms with Gasteiger partial charge in [-0.05, 0) is 19.1 Å². The van der Waals surface area contributed by atoms with Gasteiger partial charge in [-0.2, -0.15) is 0 Å². The summed E-state index contributed by atoms with van der Waals surface area (Å²) in [6, 6.07) is 9.09. The van der Waals surface area contributed by atoms with E-state index in [1.165, 1.54) is 0 Å². The van der Waals surface area contributed by atoms with E-state index in [1.807, 2.05) is 37.3 Å². The zero-order valence-corrected chi connectivity index (χ0v) is 11.6. The normalized spacial score (nSPS) is 18.3. The van der Waals surface area contributed by atoms with Crippen molar-refractivity contribution in [2.45, 2.75) is 13.0 Å². The van der Waals surface area contributed by atoms with E-state index in [1.54, 1.807) is 0 Å². The van der Waals surface area contributed by atoms with Gasteiger partial charge in [0.15, 0.2) is 0 Å². The highest BCUT2D eigenvalue weighted by atomic mass is 16.2. The Morgan fingerprint density at radius 1 is 1.38 bits per heavy atom. The van der Waals surface area contributed by atoms with Crippen LogP contribution in [0.3, 0.4) is 0 Å². The van der Waals surface area contributed by atoms with Gasteiger partial charge < -0.3 is 10.6 Å². The maximum Gasteiger partial charge on any atom is 0.243 e. The predicted molar refractivity (Wildman–Crippen MR) is 79.9 cm³/mol. The van der Waals surface area contributed by atoms with Crippen molar-refractivity contribution < 1.29 is 9.59 Å². The Hall–Kier alpha value is -2.47. The lowest BCUT2D eigenvalue weighted by Gasteiger charge is -2.23. The van der Waals surface area contributed by atoms with Crippen LogP contribution in [0.2, 0.25) is 0 Å². The van der Waals surface area contributed by atoms with Crippen molar-refractivity contribution in [3.05, 3.63) is 36.0 Å². The van der Waals surface area contributed by atoms with Crippen LogP contribution in [0.25, 0.3) is 10.9 Å². The third-order valence-electron chi connectivity index (χ3n) is 3.43. The fourth-order valence-corrected chi connectivity index (χ4v) is 2.38. The third-order valence-corrected chi connectivity index (χ3v) is 3.43. The standard InChI is InChI=1S/C15H16N4O2/c1-9-6-12(10-4-2-3-5-11(10)18-9)19-15(21)13-7-17-14(20)8-16-13/h2-6,13,16H,7-8H2,1H3,(H,17,20)(H,18,19,21). The zero-order chi connectivity index (χ0) is 14.8. The number of para-hydroxylation sites is 1. The fraction of sp³-hybridized carbons (Fsp3) is 0.267. The summed E-state index contributed by atoms with van der Waals surface area (Å²) in [4.78, 5) is 27.8. The summed E-state index contributed by atoms with van der Waals surface area (Å²) in [6.45, 7) is 2.35. The molecule has 1 aliphatic rings. The highest BCUT2D eigenvalue weighted by molar-refractivity contribution is 6.03. The second-order valence-corrected chi connectivity index (χ2v) is 5.06. The molecular formula is C15H16N4O2. The first-order valence-electron chi connectivity index (χ1n) is 6.81. The molecule has 1 saturated heterocycles. The highest BCUT2D eigenvalue weighted by Gasteiger charge is 2.24. The summed E-state index contributed by atoms with van der Waals surface area (Å²) in [5.41, 5.74) is 2.42. The third kappa shape index (κ3) is 2.85. The molecule has 2 aromatic rings. The molecule has 3 rings (SSSR count). The highest BCUT2D eigenvalue weighted by Crippen LogP contribution is 2.23. The number of rotatable bonds is 2. The van der Waals surface area contributed by atoms with Gasteiger partial charge in [0.2, 0.25) is 11.8 Å². The lowest BCUT2D eigenvalue weighted by Crippen LogP contribution is -2.56. The summed E-state index contributed by atoms with van der Waals surface area (Å²) in [6.07, 6.45) is 0. The summed E-state index contributed by atoms with van der Waals surface area (Å²) >= 11 is 0. The van der Waals surface area contributed by atoms with E-state index < -0.39 is 6.04 Å². The van der Waals surface area contributed by atoms with Crippen LogP contribution in [0.4, 0.5) is 5.69 Å². The Morgan fingerprint density at radius 3 is 2.95 bits per heavy atom. The van der Waals surface area contributed by atoms with Crippen molar-refractivity contribution in [3.8, 4) is 0 Å². The van der Waals surface area contributed by atoms with E-state index in [0.717, 1.165) is 22.3 Å². The second-order valence-electron chi connectivity index (χ2n) is 5.06. The largest absolute Gasteiger partial charge is 0.353 e. The monoisotopic (exact) mass is 284 g/mol. The first kappa shape index (κ1) is 13.5. The molecule has 1 atom stereocenters. The molecule has 108 valence electrons.